The molecule has 2 amide bonds. The maximum Gasteiger partial charge on any atom is 0.244 e. The molecule has 3 rings (SSSR count). The second-order valence-corrected chi connectivity index (χ2v) is 13.5. The van der Waals surface area contributed by atoms with Gasteiger partial charge >= 0.3 is 0 Å². The summed E-state index contributed by atoms with van der Waals surface area (Å²) in [6.45, 7) is 5.21. The van der Waals surface area contributed by atoms with Crippen molar-refractivity contribution in [1.29, 1.82) is 0 Å². The number of nitrogens with one attached hydrogen (secondary N) is 1. The van der Waals surface area contributed by atoms with E-state index in [1.54, 1.807) is 48.5 Å². The highest BCUT2D eigenvalue weighted by Crippen LogP contribution is 2.28. The van der Waals surface area contributed by atoms with Crippen LogP contribution in [-0.4, -0.2) is 49.5 Å². The van der Waals surface area contributed by atoms with E-state index in [2.05, 4.69) is 21.2 Å². The van der Waals surface area contributed by atoms with E-state index in [1.165, 1.54) is 4.90 Å². The van der Waals surface area contributed by atoms with Crippen LogP contribution in [0.1, 0.15) is 31.9 Å². The Morgan fingerprint density at radius 1 is 0.923 bits per heavy atom. The van der Waals surface area contributed by atoms with Gasteiger partial charge in [0.2, 0.25) is 21.8 Å². The molecule has 0 fully saturated rings. The summed E-state index contributed by atoms with van der Waals surface area (Å²) in [5, 5.41) is 3.54. The number of sulfonamides is 1. The van der Waals surface area contributed by atoms with Gasteiger partial charge in [0, 0.05) is 28.0 Å². The summed E-state index contributed by atoms with van der Waals surface area (Å²) in [6, 6.07) is 22.3. The number of halogens is 2. The Labute approximate surface area is 244 Å². The van der Waals surface area contributed by atoms with Gasteiger partial charge in [-0.15, -0.1) is 0 Å². The summed E-state index contributed by atoms with van der Waals surface area (Å²) < 4.78 is 27.3. The largest absolute Gasteiger partial charge is 0.350 e. The first-order valence-electron chi connectivity index (χ1n) is 12.4. The monoisotopic (exact) mass is 633 g/mol. The predicted molar refractivity (Wildman–Crippen MR) is 160 cm³/mol. The minimum atomic E-state index is -3.84. The van der Waals surface area contributed by atoms with Crippen LogP contribution in [0, 0.1) is 0 Å². The van der Waals surface area contributed by atoms with Gasteiger partial charge < -0.3 is 10.2 Å². The molecule has 3 aromatic rings. The van der Waals surface area contributed by atoms with Crippen LogP contribution in [-0.2, 0) is 32.6 Å². The van der Waals surface area contributed by atoms with E-state index < -0.39 is 34.1 Å². The minimum absolute atomic E-state index is 0.0820. The van der Waals surface area contributed by atoms with Crippen molar-refractivity contribution in [3.63, 3.8) is 0 Å². The van der Waals surface area contributed by atoms with Crippen LogP contribution in [0.25, 0.3) is 0 Å². The Kier molecular flexibility index (Phi) is 10.2. The molecule has 0 saturated heterocycles. The topological polar surface area (TPSA) is 86.8 Å². The van der Waals surface area contributed by atoms with Gasteiger partial charge in [0.1, 0.15) is 12.6 Å². The van der Waals surface area contributed by atoms with Crippen molar-refractivity contribution in [1.82, 2.24) is 10.2 Å². The van der Waals surface area contributed by atoms with Gasteiger partial charge in [-0.05, 0) is 72.1 Å². The van der Waals surface area contributed by atoms with Crippen LogP contribution < -0.4 is 9.62 Å². The normalized spacial score (nSPS) is 12.5. The summed E-state index contributed by atoms with van der Waals surface area (Å²) in [7, 11) is -3.84. The van der Waals surface area contributed by atoms with Gasteiger partial charge in [-0.2, -0.15) is 0 Å². The maximum absolute atomic E-state index is 14.1. The molecule has 7 nitrogen and oxygen atoms in total. The first kappa shape index (κ1) is 30.7. The van der Waals surface area contributed by atoms with Crippen molar-refractivity contribution in [3.05, 3.63) is 99.5 Å². The number of rotatable bonds is 10. The molecule has 0 spiro atoms. The highest BCUT2D eigenvalue weighted by Gasteiger charge is 2.34. The minimum Gasteiger partial charge on any atom is -0.350 e. The summed E-state index contributed by atoms with van der Waals surface area (Å²) in [5.74, 6) is -0.850. The molecular weight excluding hydrogens is 602 g/mol. The van der Waals surface area contributed by atoms with Crippen LogP contribution >= 0.6 is 27.5 Å². The van der Waals surface area contributed by atoms with Crippen LogP contribution in [0.5, 0.6) is 0 Å². The number of carbonyl (C=O) groups excluding carboxylic acids is 2. The molecule has 0 aliphatic heterocycles. The van der Waals surface area contributed by atoms with E-state index in [4.69, 9.17) is 11.6 Å². The van der Waals surface area contributed by atoms with Gasteiger partial charge in [0.15, 0.2) is 0 Å². The number of amides is 2. The fourth-order valence-electron chi connectivity index (χ4n) is 4.04. The zero-order valence-corrected chi connectivity index (χ0v) is 25.6. The first-order valence-corrected chi connectivity index (χ1v) is 15.4. The summed E-state index contributed by atoms with van der Waals surface area (Å²) in [5.41, 5.74) is 1.40. The number of hydrogen-bond acceptors (Lipinski definition) is 4. The number of hydrogen-bond donors (Lipinski definition) is 1. The van der Waals surface area contributed by atoms with Crippen molar-refractivity contribution >= 4 is 55.1 Å². The SMILES string of the molecule is CC(C)(C)NC(=O)[C@@H](Cc1ccccc1)N(Cc1ccc(Cl)cc1)C(=O)CN(c1ccccc1Br)S(C)(=O)=O. The second-order valence-electron chi connectivity index (χ2n) is 10.3. The zero-order valence-electron chi connectivity index (χ0n) is 22.4. The van der Waals surface area contributed by atoms with Gasteiger partial charge in [-0.3, -0.25) is 13.9 Å². The molecule has 1 atom stereocenters. The summed E-state index contributed by atoms with van der Waals surface area (Å²) in [4.78, 5) is 29.2. The highest BCUT2D eigenvalue weighted by molar-refractivity contribution is 9.10. The van der Waals surface area contributed by atoms with E-state index in [9.17, 15) is 18.0 Å². The number of anilines is 1. The zero-order chi connectivity index (χ0) is 28.8. The van der Waals surface area contributed by atoms with E-state index in [0.29, 0.717) is 15.2 Å². The standard InChI is InChI=1S/C29H33BrClN3O4S/c1-29(2,3)32-28(36)26(18-21-10-6-5-7-11-21)33(19-22-14-16-23(31)17-15-22)27(35)20-34(39(4,37)38)25-13-9-8-12-24(25)30/h5-17,26H,18-20H2,1-4H3,(H,32,36)/t26-/m1/s1. The number of nitrogens with zero attached hydrogens (tertiary/aromatic N) is 2. The lowest BCUT2D eigenvalue weighted by Gasteiger charge is -2.35. The van der Waals surface area contributed by atoms with E-state index in [-0.39, 0.29) is 18.9 Å². The maximum atomic E-state index is 14.1. The Morgan fingerprint density at radius 2 is 1.51 bits per heavy atom. The second kappa shape index (κ2) is 13.0. The molecule has 0 aliphatic rings. The number of benzene rings is 3. The molecule has 1 N–H and O–H groups in total. The van der Waals surface area contributed by atoms with Gasteiger partial charge in [0.25, 0.3) is 0 Å². The van der Waals surface area contributed by atoms with Crippen molar-refractivity contribution in [2.75, 3.05) is 17.1 Å². The van der Waals surface area contributed by atoms with Gasteiger partial charge in [0.05, 0.1) is 11.9 Å². The van der Waals surface area contributed by atoms with Crippen LogP contribution in [0.15, 0.2) is 83.3 Å². The summed E-state index contributed by atoms with van der Waals surface area (Å²) in [6.07, 6.45) is 1.30. The molecule has 39 heavy (non-hydrogen) atoms. The van der Waals surface area contributed by atoms with E-state index in [0.717, 1.165) is 21.7 Å². The summed E-state index contributed by atoms with van der Waals surface area (Å²) >= 11 is 9.48. The van der Waals surface area contributed by atoms with Crippen molar-refractivity contribution in [2.45, 2.75) is 45.3 Å². The molecule has 3 aromatic carbocycles. The molecule has 0 saturated carbocycles. The third-order valence-electron chi connectivity index (χ3n) is 5.84. The number of para-hydroxylation sites is 1. The van der Waals surface area contributed by atoms with Gasteiger partial charge in [-0.1, -0.05) is 66.2 Å². The fraction of sp³-hybridized carbons (Fsp3) is 0.310. The lowest BCUT2D eigenvalue weighted by atomic mass is 10.0. The van der Waals surface area contributed by atoms with E-state index in [1.807, 2.05) is 51.1 Å². The molecule has 10 heteroatoms. The predicted octanol–water partition coefficient (Wildman–Crippen LogP) is 5.42. The number of carbonyl (C=O) groups is 2. The molecule has 0 aromatic heterocycles. The van der Waals surface area contributed by atoms with Crippen molar-refractivity contribution < 1.29 is 18.0 Å². The quantitative estimate of drug-likeness (QED) is 0.323. The highest BCUT2D eigenvalue weighted by atomic mass is 79.9. The third kappa shape index (κ3) is 9.08. The van der Waals surface area contributed by atoms with Gasteiger partial charge in [-0.25, -0.2) is 8.42 Å². The van der Waals surface area contributed by atoms with Crippen LogP contribution in [0.3, 0.4) is 0 Å². The first-order chi connectivity index (χ1) is 18.2. The lowest BCUT2D eigenvalue weighted by Crippen LogP contribution is -2.56. The Bertz CT molecular complexity index is 1390. The molecule has 0 aliphatic carbocycles. The Balaban J connectivity index is 2.08. The average molecular weight is 635 g/mol. The smallest absolute Gasteiger partial charge is 0.244 e. The van der Waals surface area contributed by atoms with Crippen LogP contribution in [0.4, 0.5) is 5.69 Å². The molecule has 0 unspecified atom stereocenters. The lowest BCUT2D eigenvalue weighted by molar-refractivity contribution is -0.140. The van der Waals surface area contributed by atoms with Crippen molar-refractivity contribution in [2.24, 2.45) is 0 Å². The average Bonchev–Trinajstić information content (AvgIpc) is 2.85. The third-order valence-corrected chi connectivity index (χ3v) is 7.88. The molecule has 0 bridgehead atoms. The Morgan fingerprint density at radius 3 is 2.08 bits per heavy atom. The molecule has 208 valence electrons. The van der Waals surface area contributed by atoms with E-state index >= 15 is 0 Å². The molecule has 0 radical (unpaired) electrons. The molecular formula is C29H33BrClN3O4S. The van der Waals surface area contributed by atoms with Crippen LogP contribution in [0.2, 0.25) is 5.02 Å². The molecule has 0 heterocycles. The van der Waals surface area contributed by atoms with Crippen molar-refractivity contribution in [3.8, 4) is 0 Å². The fourth-order valence-corrected chi connectivity index (χ4v) is 5.65. The Hall–Kier alpha value is -2.88.